The minimum Gasteiger partial charge on any atom is -0.427 e. The molecule has 1 unspecified atom stereocenters. The van der Waals surface area contributed by atoms with Crippen molar-refractivity contribution in [2.75, 3.05) is 7.11 Å². The molecule has 0 radical (unpaired) electrons. The maximum Gasteiger partial charge on any atom is 0.460 e. The summed E-state index contributed by atoms with van der Waals surface area (Å²) in [5, 5.41) is 0. The van der Waals surface area contributed by atoms with Crippen LogP contribution in [0.25, 0.3) is 0 Å². The smallest absolute Gasteiger partial charge is 0.427 e. The molecule has 0 fully saturated rings. The molecule has 40 heavy (non-hydrogen) atoms. The average molecular weight is 626 g/mol. The Kier molecular flexibility index (Phi) is 8.94. The fraction of sp³-hybridized carbons (Fsp3) is 0.650. The highest BCUT2D eigenvalue weighted by molar-refractivity contribution is 5.69. The molecule has 0 bridgehead atoms. The largest absolute Gasteiger partial charge is 0.460 e. The molecule has 1 aromatic rings. The quantitative estimate of drug-likeness (QED) is 0.143. The van der Waals surface area contributed by atoms with E-state index in [-0.39, 0.29) is 0 Å². The molecule has 0 N–H and O–H groups in total. The number of hydrogen-bond acceptors (Lipinski definition) is 3. The van der Waals surface area contributed by atoms with E-state index >= 15 is 0 Å². The van der Waals surface area contributed by atoms with Gasteiger partial charge in [0.05, 0.1) is 12.0 Å². The lowest BCUT2D eigenvalue weighted by atomic mass is 9.83. The Morgan fingerprint density at radius 1 is 0.675 bits per heavy atom. The number of methoxy groups -OCH3 is 1. The second kappa shape index (κ2) is 10.1. The minimum atomic E-state index is -8.70. The monoisotopic (exact) mass is 626 g/mol. The van der Waals surface area contributed by atoms with Crippen molar-refractivity contribution in [3.63, 3.8) is 0 Å². The Bertz CT molecular complexity index is 1080. The molecule has 1 aromatic carbocycles. The summed E-state index contributed by atoms with van der Waals surface area (Å²) < 4.78 is 239. The lowest BCUT2D eigenvalue weighted by molar-refractivity contribution is -0.462. The zero-order valence-electron chi connectivity index (χ0n) is 19.7. The maximum atomic E-state index is 14.5. The molecule has 1 atom stereocenters. The van der Waals surface area contributed by atoms with Crippen LogP contribution in [0.1, 0.15) is 25.8 Å². The van der Waals surface area contributed by atoms with Crippen LogP contribution in [0.3, 0.4) is 0 Å². The van der Waals surface area contributed by atoms with Gasteiger partial charge >= 0.3 is 53.6 Å². The third kappa shape index (κ3) is 5.26. The first-order valence-corrected chi connectivity index (χ1v) is 9.97. The number of alkyl halides is 17. The van der Waals surface area contributed by atoms with Crippen LogP contribution in [0, 0.1) is 0 Å². The molecular weight excluding hydrogens is 611 g/mol. The molecule has 20 heteroatoms. The topological polar surface area (TPSA) is 35.5 Å². The van der Waals surface area contributed by atoms with Crippen molar-refractivity contribution >= 4 is 5.97 Å². The minimum absolute atomic E-state index is 0.423. The predicted molar refractivity (Wildman–Crippen MR) is 97.4 cm³/mol. The molecule has 0 spiro atoms. The van der Waals surface area contributed by atoms with Crippen molar-refractivity contribution in [1.29, 1.82) is 0 Å². The van der Waals surface area contributed by atoms with E-state index in [0.29, 0.717) is 20.1 Å². The van der Waals surface area contributed by atoms with Crippen LogP contribution >= 0.6 is 0 Å². The SMILES string of the molecule is COC(C)(CC(F)(F)C(F)(F)C(F)(F)C(F)(F)C(F)(F)C(F)(F)C(F)(F)C(F)(F)F)c1cccc(OC(C)=O)c1. The Labute approximate surface area is 212 Å². The van der Waals surface area contributed by atoms with Gasteiger partial charge in [-0.3, -0.25) is 4.79 Å². The normalized spacial score (nSPS) is 16.5. The van der Waals surface area contributed by atoms with Crippen molar-refractivity contribution in [3.05, 3.63) is 29.8 Å². The van der Waals surface area contributed by atoms with E-state index in [1.807, 2.05) is 0 Å². The summed E-state index contributed by atoms with van der Waals surface area (Å²) in [5.74, 6) is -58.6. The fourth-order valence-corrected chi connectivity index (χ4v) is 3.08. The molecule has 0 saturated carbocycles. The van der Waals surface area contributed by atoms with Gasteiger partial charge in [-0.15, -0.1) is 0 Å². The summed E-state index contributed by atoms with van der Waals surface area (Å²) in [7, 11) is 0.466. The molecule has 1 rings (SSSR count). The highest BCUT2D eigenvalue weighted by Crippen LogP contribution is 2.64. The second-order valence-electron chi connectivity index (χ2n) is 8.38. The number of ether oxygens (including phenoxy) is 2. The van der Waals surface area contributed by atoms with Crippen LogP contribution in [0.4, 0.5) is 74.6 Å². The van der Waals surface area contributed by atoms with E-state index in [9.17, 15) is 79.4 Å². The first-order chi connectivity index (χ1) is 17.4. The van der Waals surface area contributed by atoms with Gasteiger partial charge in [-0.05, 0) is 24.6 Å². The molecule has 0 aliphatic rings. The van der Waals surface area contributed by atoms with Crippen molar-refractivity contribution < 1.29 is 88.9 Å². The lowest BCUT2D eigenvalue weighted by Crippen LogP contribution is -2.74. The highest BCUT2D eigenvalue weighted by Gasteiger charge is 2.95. The van der Waals surface area contributed by atoms with Crippen LogP contribution in [0.15, 0.2) is 24.3 Å². The summed E-state index contributed by atoms with van der Waals surface area (Å²) in [6.07, 6.45) is -10.7. The summed E-state index contributed by atoms with van der Waals surface area (Å²) >= 11 is 0. The molecule has 3 nitrogen and oxygen atoms in total. The lowest BCUT2D eigenvalue weighted by Gasteiger charge is -2.44. The number of rotatable bonds is 11. The molecule has 0 amide bonds. The number of carbonyl (C=O) groups is 1. The first-order valence-electron chi connectivity index (χ1n) is 9.97. The van der Waals surface area contributed by atoms with Crippen LogP contribution in [-0.4, -0.2) is 60.7 Å². The van der Waals surface area contributed by atoms with Crippen LogP contribution in [0.2, 0.25) is 0 Å². The van der Waals surface area contributed by atoms with E-state index in [0.717, 1.165) is 25.1 Å². The van der Waals surface area contributed by atoms with Crippen molar-refractivity contribution in [2.24, 2.45) is 0 Å². The molecule has 0 heterocycles. The van der Waals surface area contributed by atoms with Crippen molar-refractivity contribution in [2.45, 2.75) is 73.5 Å². The molecule has 232 valence electrons. The third-order valence-electron chi connectivity index (χ3n) is 5.50. The van der Waals surface area contributed by atoms with Gasteiger partial charge in [-0.1, -0.05) is 12.1 Å². The predicted octanol–water partition coefficient (Wildman–Crippen LogP) is 7.87. The van der Waals surface area contributed by atoms with E-state index in [1.54, 1.807) is 0 Å². The van der Waals surface area contributed by atoms with Gasteiger partial charge in [-0.25, -0.2) is 0 Å². The second-order valence-corrected chi connectivity index (χ2v) is 8.38. The Morgan fingerprint density at radius 2 is 1.07 bits per heavy atom. The highest BCUT2D eigenvalue weighted by atomic mass is 19.4. The summed E-state index contributed by atoms with van der Waals surface area (Å²) in [6, 6.07) is 3.25. The van der Waals surface area contributed by atoms with Gasteiger partial charge in [0.15, 0.2) is 0 Å². The summed E-state index contributed by atoms with van der Waals surface area (Å²) in [5.41, 5.74) is -3.69. The zero-order chi connectivity index (χ0) is 32.2. The number of carbonyl (C=O) groups excluding carboxylic acids is 1. The summed E-state index contributed by atoms with van der Waals surface area (Å²) in [4.78, 5) is 11.0. The van der Waals surface area contributed by atoms with Gasteiger partial charge in [0.2, 0.25) is 0 Å². The van der Waals surface area contributed by atoms with E-state index < -0.39 is 76.9 Å². The number of esters is 1. The van der Waals surface area contributed by atoms with Gasteiger partial charge in [0.25, 0.3) is 0 Å². The third-order valence-corrected chi connectivity index (χ3v) is 5.50. The van der Waals surface area contributed by atoms with Crippen LogP contribution < -0.4 is 4.74 Å². The average Bonchev–Trinajstić information content (AvgIpc) is 2.76. The zero-order valence-corrected chi connectivity index (χ0v) is 19.7. The van der Waals surface area contributed by atoms with E-state index in [1.165, 1.54) is 0 Å². The van der Waals surface area contributed by atoms with Crippen LogP contribution in [0.5, 0.6) is 5.75 Å². The van der Waals surface area contributed by atoms with E-state index in [4.69, 9.17) is 0 Å². The molecule has 0 aromatic heterocycles. The standard InChI is InChI=1S/C20H15F17O3/c1-9(38)40-11-6-4-5-10(7-11)12(2,39-3)8-13(21,22)14(23,24)15(25,26)16(27,28)17(29,30)18(31,32)19(33,34)20(35,36)37/h4-7H,8H2,1-3H3. The number of halogens is 17. The maximum absolute atomic E-state index is 14.5. The van der Waals surface area contributed by atoms with Gasteiger partial charge in [0.1, 0.15) is 5.75 Å². The molecular formula is C20H15F17O3. The van der Waals surface area contributed by atoms with Gasteiger partial charge in [-0.2, -0.15) is 74.6 Å². The summed E-state index contributed by atoms with van der Waals surface area (Å²) in [6.45, 7) is 1.26. The van der Waals surface area contributed by atoms with Crippen molar-refractivity contribution in [3.8, 4) is 5.75 Å². The Hall–Kier alpha value is -2.54. The molecule has 0 saturated heterocycles. The fourth-order valence-electron chi connectivity index (χ4n) is 3.08. The van der Waals surface area contributed by atoms with Crippen molar-refractivity contribution in [1.82, 2.24) is 0 Å². The Morgan fingerprint density at radius 3 is 1.45 bits per heavy atom. The first kappa shape index (κ1) is 35.5. The van der Waals surface area contributed by atoms with Crippen LogP contribution in [-0.2, 0) is 15.1 Å². The van der Waals surface area contributed by atoms with Gasteiger partial charge in [0, 0.05) is 14.0 Å². The van der Waals surface area contributed by atoms with Gasteiger partial charge < -0.3 is 9.47 Å². The van der Waals surface area contributed by atoms with E-state index in [2.05, 4.69) is 9.47 Å². The number of benzene rings is 1. The Balaban J connectivity index is 3.67. The number of hydrogen-bond donors (Lipinski definition) is 0. The molecule has 0 aliphatic heterocycles. The molecule has 0 aliphatic carbocycles.